The normalized spacial score (nSPS) is 22.9. The summed E-state index contributed by atoms with van der Waals surface area (Å²) in [5, 5.41) is 1.30. The molecular formula is C15H27N3S. The molecule has 1 aromatic rings. The van der Waals surface area contributed by atoms with Crippen LogP contribution in [0.2, 0.25) is 0 Å². The molecule has 1 fully saturated rings. The quantitative estimate of drug-likeness (QED) is 0.902. The SMILES string of the molecule is CC(CN)c1cnc(CC2CCCN(C(C)C)C2)s1. The summed E-state index contributed by atoms with van der Waals surface area (Å²) >= 11 is 1.86. The molecule has 108 valence electrons. The van der Waals surface area contributed by atoms with Crippen molar-refractivity contribution in [1.82, 2.24) is 9.88 Å². The van der Waals surface area contributed by atoms with Gasteiger partial charge in [-0.3, -0.25) is 0 Å². The van der Waals surface area contributed by atoms with Crippen LogP contribution in [0.4, 0.5) is 0 Å². The number of nitrogens with two attached hydrogens (primary N) is 1. The van der Waals surface area contributed by atoms with Crippen LogP contribution in [0, 0.1) is 5.92 Å². The van der Waals surface area contributed by atoms with E-state index < -0.39 is 0 Å². The molecule has 4 heteroatoms. The highest BCUT2D eigenvalue weighted by molar-refractivity contribution is 7.11. The van der Waals surface area contributed by atoms with E-state index in [-0.39, 0.29) is 0 Å². The fourth-order valence-corrected chi connectivity index (χ4v) is 3.84. The maximum Gasteiger partial charge on any atom is 0.0931 e. The predicted octanol–water partition coefficient (Wildman–Crippen LogP) is 2.87. The molecule has 0 aliphatic carbocycles. The number of rotatable bonds is 5. The highest BCUT2D eigenvalue weighted by Crippen LogP contribution is 2.27. The molecule has 1 aromatic heterocycles. The van der Waals surface area contributed by atoms with Crippen LogP contribution in [0.15, 0.2) is 6.20 Å². The van der Waals surface area contributed by atoms with Crippen molar-refractivity contribution >= 4 is 11.3 Å². The number of hydrogen-bond donors (Lipinski definition) is 1. The first-order valence-electron chi connectivity index (χ1n) is 7.48. The van der Waals surface area contributed by atoms with Gasteiger partial charge in [-0.25, -0.2) is 4.98 Å². The van der Waals surface area contributed by atoms with Gasteiger partial charge in [0.15, 0.2) is 0 Å². The van der Waals surface area contributed by atoms with Crippen molar-refractivity contribution in [2.45, 2.75) is 52.0 Å². The van der Waals surface area contributed by atoms with Crippen LogP contribution >= 0.6 is 11.3 Å². The van der Waals surface area contributed by atoms with Gasteiger partial charge in [0.05, 0.1) is 5.01 Å². The van der Waals surface area contributed by atoms with Gasteiger partial charge >= 0.3 is 0 Å². The minimum Gasteiger partial charge on any atom is -0.330 e. The van der Waals surface area contributed by atoms with E-state index in [0.29, 0.717) is 18.5 Å². The third-order valence-corrected chi connectivity index (χ3v) is 5.41. The largest absolute Gasteiger partial charge is 0.330 e. The molecule has 0 amide bonds. The average molecular weight is 281 g/mol. The van der Waals surface area contributed by atoms with Gasteiger partial charge in [-0.05, 0) is 45.7 Å². The molecule has 2 rings (SSSR count). The molecule has 2 unspecified atom stereocenters. The first kappa shape index (κ1) is 14.9. The van der Waals surface area contributed by atoms with E-state index in [1.807, 2.05) is 17.5 Å². The van der Waals surface area contributed by atoms with Crippen LogP contribution in [-0.2, 0) is 6.42 Å². The number of nitrogens with zero attached hydrogens (tertiary/aromatic N) is 2. The zero-order valence-electron chi connectivity index (χ0n) is 12.4. The van der Waals surface area contributed by atoms with E-state index in [4.69, 9.17) is 5.73 Å². The summed E-state index contributed by atoms with van der Waals surface area (Å²) in [6, 6.07) is 0.673. The van der Waals surface area contributed by atoms with E-state index in [0.717, 1.165) is 12.3 Å². The third-order valence-electron chi connectivity index (χ3n) is 4.15. The fraction of sp³-hybridized carbons (Fsp3) is 0.800. The zero-order valence-corrected chi connectivity index (χ0v) is 13.2. The van der Waals surface area contributed by atoms with Crippen LogP contribution in [0.3, 0.4) is 0 Å². The zero-order chi connectivity index (χ0) is 13.8. The summed E-state index contributed by atoms with van der Waals surface area (Å²) in [7, 11) is 0. The first-order chi connectivity index (χ1) is 9.10. The van der Waals surface area contributed by atoms with Crippen molar-refractivity contribution in [2.24, 2.45) is 11.7 Å². The van der Waals surface area contributed by atoms with Gasteiger partial charge in [0, 0.05) is 36.0 Å². The predicted molar refractivity (Wildman–Crippen MR) is 82.7 cm³/mol. The van der Waals surface area contributed by atoms with Crippen LogP contribution in [-0.4, -0.2) is 35.6 Å². The van der Waals surface area contributed by atoms with Crippen molar-refractivity contribution in [3.8, 4) is 0 Å². The molecule has 3 nitrogen and oxygen atoms in total. The Bertz CT molecular complexity index is 388. The molecule has 0 bridgehead atoms. The second-order valence-electron chi connectivity index (χ2n) is 6.09. The molecule has 1 aliphatic rings. The summed E-state index contributed by atoms with van der Waals surface area (Å²) < 4.78 is 0. The molecule has 0 aromatic carbocycles. The number of likely N-dealkylation sites (tertiary alicyclic amines) is 1. The standard InChI is InChI=1S/C15H27N3S/c1-11(2)18-6-4-5-13(10-18)7-15-17-9-14(19-15)12(3)8-16/h9,11-13H,4-8,10,16H2,1-3H3. The lowest BCUT2D eigenvalue weighted by Crippen LogP contribution is -2.40. The Morgan fingerprint density at radius 3 is 2.95 bits per heavy atom. The van der Waals surface area contributed by atoms with Crippen molar-refractivity contribution in [1.29, 1.82) is 0 Å². The minimum atomic E-state index is 0.449. The highest BCUT2D eigenvalue weighted by Gasteiger charge is 2.22. The van der Waals surface area contributed by atoms with Gasteiger partial charge in [-0.15, -0.1) is 11.3 Å². The average Bonchev–Trinajstić information content (AvgIpc) is 2.86. The molecule has 19 heavy (non-hydrogen) atoms. The number of aromatic nitrogens is 1. The Morgan fingerprint density at radius 2 is 2.26 bits per heavy atom. The van der Waals surface area contributed by atoms with E-state index in [9.17, 15) is 0 Å². The summed E-state index contributed by atoms with van der Waals surface area (Å²) in [6.07, 6.45) is 5.86. The Morgan fingerprint density at radius 1 is 1.47 bits per heavy atom. The molecule has 1 saturated heterocycles. The van der Waals surface area contributed by atoms with Crippen molar-refractivity contribution in [3.63, 3.8) is 0 Å². The molecule has 2 heterocycles. The van der Waals surface area contributed by atoms with Gasteiger partial charge < -0.3 is 10.6 Å². The summed E-state index contributed by atoms with van der Waals surface area (Å²) in [4.78, 5) is 8.54. The monoisotopic (exact) mass is 281 g/mol. The van der Waals surface area contributed by atoms with Crippen LogP contribution in [0.5, 0.6) is 0 Å². The van der Waals surface area contributed by atoms with Gasteiger partial charge in [0.2, 0.25) is 0 Å². The lowest BCUT2D eigenvalue weighted by atomic mass is 9.94. The second kappa shape index (κ2) is 6.82. The van der Waals surface area contributed by atoms with Gasteiger partial charge in [-0.2, -0.15) is 0 Å². The summed E-state index contributed by atoms with van der Waals surface area (Å²) in [6.45, 7) is 9.99. The number of thiazole rings is 1. The van der Waals surface area contributed by atoms with E-state index in [1.165, 1.54) is 35.8 Å². The lowest BCUT2D eigenvalue weighted by molar-refractivity contribution is 0.139. The van der Waals surface area contributed by atoms with Crippen molar-refractivity contribution in [2.75, 3.05) is 19.6 Å². The van der Waals surface area contributed by atoms with E-state index in [2.05, 4.69) is 30.7 Å². The van der Waals surface area contributed by atoms with Crippen LogP contribution in [0.25, 0.3) is 0 Å². The molecule has 0 spiro atoms. The molecule has 1 aliphatic heterocycles. The summed E-state index contributed by atoms with van der Waals surface area (Å²) in [5.41, 5.74) is 5.72. The molecular weight excluding hydrogens is 254 g/mol. The Kier molecular flexibility index (Phi) is 5.37. The first-order valence-corrected chi connectivity index (χ1v) is 8.30. The fourth-order valence-electron chi connectivity index (χ4n) is 2.74. The lowest BCUT2D eigenvalue weighted by Gasteiger charge is -2.35. The Balaban J connectivity index is 1.91. The third kappa shape index (κ3) is 4.01. The molecule has 0 saturated carbocycles. The molecule has 0 radical (unpaired) electrons. The minimum absolute atomic E-state index is 0.449. The second-order valence-corrected chi connectivity index (χ2v) is 7.24. The van der Waals surface area contributed by atoms with Gasteiger partial charge in [0.25, 0.3) is 0 Å². The van der Waals surface area contributed by atoms with Gasteiger partial charge in [-0.1, -0.05) is 6.92 Å². The van der Waals surface area contributed by atoms with Crippen molar-refractivity contribution in [3.05, 3.63) is 16.1 Å². The maximum absolute atomic E-state index is 5.72. The Labute approximate surface area is 121 Å². The topological polar surface area (TPSA) is 42.1 Å². The van der Waals surface area contributed by atoms with Crippen molar-refractivity contribution < 1.29 is 0 Å². The smallest absolute Gasteiger partial charge is 0.0931 e. The maximum atomic E-state index is 5.72. The van der Waals surface area contributed by atoms with Gasteiger partial charge in [0.1, 0.15) is 0 Å². The number of hydrogen-bond acceptors (Lipinski definition) is 4. The number of piperidine rings is 1. The molecule has 2 N–H and O–H groups in total. The summed E-state index contributed by atoms with van der Waals surface area (Å²) in [5.74, 6) is 1.23. The van der Waals surface area contributed by atoms with E-state index >= 15 is 0 Å². The van der Waals surface area contributed by atoms with E-state index in [1.54, 1.807) is 0 Å². The van der Waals surface area contributed by atoms with Crippen LogP contribution in [0.1, 0.15) is 49.4 Å². The highest BCUT2D eigenvalue weighted by atomic mass is 32.1. The molecule has 2 atom stereocenters. The van der Waals surface area contributed by atoms with Crippen LogP contribution < -0.4 is 5.73 Å². The Hall–Kier alpha value is -0.450.